The lowest BCUT2D eigenvalue weighted by molar-refractivity contribution is 0.626. The van der Waals surface area contributed by atoms with Crippen LogP contribution in [0.4, 0.5) is 4.39 Å². The Morgan fingerprint density at radius 3 is 2.41 bits per heavy atom. The highest BCUT2D eigenvalue weighted by Gasteiger charge is 2.19. The summed E-state index contributed by atoms with van der Waals surface area (Å²) in [6.07, 6.45) is 0. The quantitative estimate of drug-likeness (QED) is 0.475. The van der Waals surface area contributed by atoms with E-state index in [-0.39, 0.29) is 11.4 Å². The van der Waals surface area contributed by atoms with Crippen LogP contribution in [0.2, 0.25) is 0 Å². The largest absolute Gasteiger partial charge is 0.332 e. The van der Waals surface area contributed by atoms with Gasteiger partial charge in [-0.2, -0.15) is 0 Å². The summed E-state index contributed by atoms with van der Waals surface area (Å²) in [5.74, 6) is 0.196. The number of aryl methyl sites for hydroxylation is 1. The number of imidazole rings is 1. The van der Waals surface area contributed by atoms with Crippen LogP contribution in [0.3, 0.4) is 0 Å². The fraction of sp³-hybridized carbons (Fsp3) is 0.190. The van der Waals surface area contributed by atoms with Gasteiger partial charge in [0.1, 0.15) is 5.82 Å². The fourth-order valence-corrected chi connectivity index (χ4v) is 4.16. The highest BCUT2D eigenvalue weighted by molar-refractivity contribution is 7.98. The third kappa shape index (κ3) is 3.63. The Balaban J connectivity index is 1.84. The second kappa shape index (κ2) is 7.71. The lowest BCUT2D eigenvalue weighted by Gasteiger charge is -2.10. The van der Waals surface area contributed by atoms with Gasteiger partial charge in [0, 0.05) is 19.8 Å². The van der Waals surface area contributed by atoms with Gasteiger partial charge in [-0.05, 0) is 23.3 Å². The van der Waals surface area contributed by atoms with Crippen LogP contribution >= 0.6 is 11.8 Å². The number of thioether (sulfide) groups is 1. The summed E-state index contributed by atoms with van der Waals surface area (Å²) in [7, 11) is 3.06. The Morgan fingerprint density at radius 1 is 0.966 bits per heavy atom. The van der Waals surface area contributed by atoms with Gasteiger partial charge in [-0.1, -0.05) is 54.2 Å². The van der Waals surface area contributed by atoms with E-state index in [9.17, 15) is 14.0 Å². The number of hydrogen-bond acceptors (Lipinski definition) is 4. The molecule has 0 unspecified atom stereocenters. The lowest BCUT2D eigenvalue weighted by Crippen LogP contribution is -2.37. The van der Waals surface area contributed by atoms with Crippen molar-refractivity contribution in [3.63, 3.8) is 0 Å². The molecule has 0 aliphatic rings. The SMILES string of the molecule is Cn1c(=O)c2c(nc(SCc3cccc(F)c3)n2Cc2ccccc2)n(C)c1=O. The molecule has 6 nitrogen and oxygen atoms in total. The normalized spacial score (nSPS) is 11.3. The molecule has 2 heterocycles. The topological polar surface area (TPSA) is 61.8 Å². The van der Waals surface area contributed by atoms with Crippen molar-refractivity contribution in [1.29, 1.82) is 0 Å². The van der Waals surface area contributed by atoms with E-state index in [0.717, 1.165) is 15.7 Å². The third-order valence-corrected chi connectivity index (χ3v) is 5.80. The molecular formula is C21H19FN4O2S. The highest BCUT2D eigenvalue weighted by Crippen LogP contribution is 2.26. The molecule has 2 aromatic carbocycles. The van der Waals surface area contributed by atoms with Crippen molar-refractivity contribution in [2.45, 2.75) is 17.5 Å². The maximum atomic E-state index is 13.5. The van der Waals surface area contributed by atoms with Gasteiger partial charge in [0.25, 0.3) is 5.56 Å². The molecule has 0 atom stereocenters. The van der Waals surface area contributed by atoms with Gasteiger partial charge in [-0.25, -0.2) is 14.2 Å². The Labute approximate surface area is 170 Å². The molecule has 0 aliphatic heterocycles. The van der Waals surface area contributed by atoms with Gasteiger partial charge in [0.05, 0.1) is 6.54 Å². The van der Waals surface area contributed by atoms with Crippen LogP contribution in [0, 0.1) is 5.82 Å². The molecule has 0 radical (unpaired) electrons. The predicted molar refractivity (Wildman–Crippen MR) is 112 cm³/mol. The maximum absolute atomic E-state index is 13.5. The molecule has 4 rings (SSSR count). The number of rotatable bonds is 5. The second-order valence-electron chi connectivity index (χ2n) is 6.76. The van der Waals surface area contributed by atoms with E-state index in [4.69, 9.17) is 0 Å². The minimum Gasteiger partial charge on any atom is -0.309 e. The van der Waals surface area contributed by atoms with Crippen molar-refractivity contribution in [3.05, 3.63) is 92.4 Å². The smallest absolute Gasteiger partial charge is 0.309 e. The van der Waals surface area contributed by atoms with Crippen LogP contribution in [0.15, 0.2) is 69.3 Å². The number of hydrogen-bond donors (Lipinski definition) is 0. The number of aromatic nitrogens is 4. The molecule has 0 saturated heterocycles. The lowest BCUT2D eigenvalue weighted by atomic mass is 10.2. The van der Waals surface area contributed by atoms with Crippen molar-refractivity contribution in [3.8, 4) is 0 Å². The summed E-state index contributed by atoms with van der Waals surface area (Å²) < 4.78 is 17.8. The van der Waals surface area contributed by atoms with E-state index >= 15 is 0 Å². The van der Waals surface area contributed by atoms with Crippen molar-refractivity contribution < 1.29 is 4.39 Å². The molecule has 0 N–H and O–H groups in total. The van der Waals surface area contributed by atoms with Crippen LogP contribution in [-0.4, -0.2) is 18.7 Å². The first kappa shape index (κ1) is 19.2. The monoisotopic (exact) mass is 410 g/mol. The molecule has 29 heavy (non-hydrogen) atoms. The van der Waals surface area contributed by atoms with E-state index < -0.39 is 5.69 Å². The average molecular weight is 410 g/mol. The molecule has 2 aromatic heterocycles. The number of benzene rings is 2. The Hall–Kier alpha value is -3.13. The summed E-state index contributed by atoms with van der Waals surface area (Å²) >= 11 is 1.40. The minimum absolute atomic E-state index is 0.294. The first-order chi connectivity index (χ1) is 14.0. The number of fused-ring (bicyclic) bond motifs is 1. The zero-order chi connectivity index (χ0) is 20.5. The predicted octanol–water partition coefficient (Wildman–Crippen LogP) is 2.91. The van der Waals surface area contributed by atoms with Gasteiger partial charge in [0.15, 0.2) is 16.3 Å². The summed E-state index contributed by atoms with van der Waals surface area (Å²) in [5, 5.41) is 0.603. The third-order valence-electron chi connectivity index (χ3n) is 4.75. The first-order valence-electron chi connectivity index (χ1n) is 9.03. The van der Waals surface area contributed by atoms with E-state index in [0.29, 0.717) is 28.6 Å². The van der Waals surface area contributed by atoms with Crippen LogP contribution in [0.5, 0.6) is 0 Å². The minimum atomic E-state index is -0.423. The van der Waals surface area contributed by atoms with Crippen molar-refractivity contribution >= 4 is 22.9 Å². The van der Waals surface area contributed by atoms with Gasteiger partial charge in [-0.15, -0.1) is 0 Å². The summed E-state index contributed by atoms with van der Waals surface area (Å²) in [6, 6.07) is 16.1. The number of nitrogens with zero attached hydrogens (tertiary/aromatic N) is 4. The molecule has 0 amide bonds. The maximum Gasteiger partial charge on any atom is 0.332 e. The average Bonchev–Trinajstić information content (AvgIpc) is 3.08. The van der Waals surface area contributed by atoms with Crippen molar-refractivity contribution in [2.75, 3.05) is 0 Å². The van der Waals surface area contributed by atoms with Gasteiger partial charge >= 0.3 is 5.69 Å². The van der Waals surface area contributed by atoms with E-state index in [1.807, 2.05) is 41.0 Å². The van der Waals surface area contributed by atoms with Crippen LogP contribution in [-0.2, 0) is 26.4 Å². The van der Waals surface area contributed by atoms with Crippen molar-refractivity contribution in [2.24, 2.45) is 14.1 Å². The second-order valence-corrected chi connectivity index (χ2v) is 7.71. The van der Waals surface area contributed by atoms with E-state index in [1.54, 1.807) is 13.1 Å². The molecule has 4 aromatic rings. The fourth-order valence-electron chi connectivity index (χ4n) is 3.22. The zero-order valence-electron chi connectivity index (χ0n) is 16.0. The zero-order valence-corrected chi connectivity index (χ0v) is 16.8. The summed E-state index contributed by atoms with van der Waals surface area (Å²) in [4.78, 5) is 29.8. The molecule has 0 bridgehead atoms. The summed E-state index contributed by atoms with van der Waals surface area (Å²) in [6.45, 7) is 0.441. The molecule has 148 valence electrons. The van der Waals surface area contributed by atoms with E-state index in [2.05, 4.69) is 4.98 Å². The standard InChI is InChI=1S/C21H19FN4O2S/c1-24-18-17(19(27)25(2)21(24)28)26(12-14-7-4-3-5-8-14)20(23-18)29-13-15-9-6-10-16(22)11-15/h3-11H,12-13H2,1-2H3. The van der Waals surface area contributed by atoms with Crippen LogP contribution < -0.4 is 11.2 Å². The Morgan fingerprint density at radius 2 is 1.69 bits per heavy atom. The molecule has 0 saturated carbocycles. The van der Waals surface area contributed by atoms with Crippen LogP contribution in [0.1, 0.15) is 11.1 Å². The van der Waals surface area contributed by atoms with Crippen LogP contribution in [0.25, 0.3) is 11.2 Å². The number of halogens is 1. The Bertz CT molecular complexity index is 1310. The first-order valence-corrected chi connectivity index (χ1v) is 10.0. The summed E-state index contributed by atoms with van der Waals surface area (Å²) in [5.41, 5.74) is 1.74. The van der Waals surface area contributed by atoms with Gasteiger partial charge < -0.3 is 4.57 Å². The molecule has 0 spiro atoms. The van der Waals surface area contributed by atoms with Crippen molar-refractivity contribution in [1.82, 2.24) is 18.7 Å². The molecule has 0 fully saturated rings. The molecule has 0 aliphatic carbocycles. The molecular weight excluding hydrogens is 391 g/mol. The van der Waals surface area contributed by atoms with Gasteiger partial charge in [0.2, 0.25) is 0 Å². The van der Waals surface area contributed by atoms with E-state index in [1.165, 1.54) is 35.5 Å². The highest BCUT2D eigenvalue weighted by atomic mass is 32.2. The molecule has 8 heteroatoms. The van der Waals surface area contributed by atoms with Gasteiger partial charge in [-0.3, -0.25) is 13.9 Å². The Kier molecular flexibility index (Phi) is 5.10.